The maximum absolute atomic E-state index is 14.6. The molecule has 0 atom stereocenters. The van der Waals surface area contributed by atoms with Crippen LogP contribution in [0.2, 0.25) is 0 Å². The maximum atomic E-state index is 14.6. The van der Waals surface area contributed by atoms with Crippen molar-refractivity contribution in [2.75, 3.05) is 17.2 Å². The maximum Gasteiger partial charge on any atom is 0.319 e. The number of amides is 3. The average Bonchev–Trinajstić information content (AvgIpc) is 3.52. The van der Waals surface area contributed by atoms with Gasteiger partial charge in [0.05, 0.1) is 11.4 Å². The predicted molar refractivity (Wildman–Crippen MR) is 131 cm³/mol. The lowest BCUT2D eigenvalue weighted by atomic mass is 9.98. The third-order valence-electron chi connectivity index (χ3n) is 6.11. The molecule has 2 aromatic heterocycles. The van der Waals surface area contributed by atoms with Crippen LogP contribution in [0.3, 0.4) is 0 Å². The lowest BCUT2D eigenvalue weighted by Crippen LogP contribution is -2.30. The zero-order chi connectivity index (χ0) is 24.3. The zero-order valence-electron chi connectivity index (χ0n) is 19.5. The summed E-state index contributed by atoms with van der Waals surface area (Å²) in [6, 6.07) is 9.89. The van der Waals surface area contributed by atoms with Crippen molar-refractivity contribution in [1.82, 2.24) is 15.3 Å². The molecule has 176 valence electrons. The van der Waals surface area contributed by atoms with E-state index in [2.05, 4.69) is 32.8 Å². The number of urea groups is 1. The predicted octanol–water partition coefficient (Wildman–Crippen LogP) is 5.53. The van der Waals surface area contributed by atoms with E-state index >= 15 is 0 Å². The van der Waals surface area contributed by atoms with Gasteiger partial charge < -0.3 is 16.0 Å². The largest absolute Gasteiger partial charge is 0.338 e. The number of anilines is 2. The molecule has 0 radical (unpaired) electrons. The Morgan fingerprint density at radius 3 is 2.50 bits per heavy atom. The van der Waals surface area contributed by atoms with Crippen LogP contribution < -0.4 is 16.0 Å². The Morgan fingerprint density at radius 2 is 1.76 bits per heavy atom. The highest BCUT2D eigenvalue weighted by Crippen LogP contribution is 2.47. The number of halogens is 1. The normalized spacial score (nSPS) is 13.8. The van der Waals surface area contributed by atoms with E-state index < -0.39 is 11.8 Å². The van der Waals surface area contributed by atoms with Crippen molar-refractivity contribution < 1.29 is 14.0 Å². The molecule has 0 saturated heterocycles. The SMILES string of the molecule is CC(=O)Nc1cc(-c2cc(-c3cc(NC(=O)NCCC4(C)CC4)c(F)cc3C)ccn2)ccn1. The molecule has 8 heteroatoms. The topological polar surface area (TPSA) is 96.0 Å². The Morgan fingerprint density at radius 1 is 1.03 bits per heavy atom. The van der Waals surface area contributed by atoms with E-state index in [4.69, 9.17) is 0 Å². The van der Waals surface area contributed by atoms with E-state index in [0.29, 0.717) is 23.5 Å². The number of carbonyl (C=O) groups is 2. The van der Waals surface area contributed by atoms with E-state index in [1.807, 2.05) is 19.1 Å². The Hall–Kier alpha value is -3.81. The number of hydrogen-bond acceptors (Lipinski definition) is 4. The average molecular weight is 462 g/mol. The van der Waals surface area contributed by atoms with Gasteiger partial charge in [0, 0.05) is 31.4 Å². The molecule has 1 saturated carbocycles. The molecule has 1 aliphatic rings. The number of rotatable bonds is 7. The second kappa shape index (κ2) is 9.59. The van der Waals surface area contributed by atoms with Crippen molar-refractivity contribution in [2.45, 2.75) is 40.0 Å². The third kappa shape index (κ3) is 5.75. The van der Waals surface area contributed by atoms with Crippen LogP contribution in [0.1, 0.15) is 38.7 Å². The second-order valence-electron chi connectivity index (χ2n) is 9.13. The van der Waals surface area contributed by atoms with Crippen LogP contribution in [0, 0.1) is 18.2 Å². The van der Waals surface area contributed by atoms with Gasteiger partial charge in [0.15, 0.2) is 0 Å². The van der Waals surface area contributed by atoms with Gasteiger partial charge in [-0.05, 0) is 84.7 Å². The lowest BCUT2D eigenvalue weighted by Gasteiger charge is -2.14. The van der Waals surface area contributed by atoms with Gasteiger partial charge in [-0.3, -0.25) is 9.78 Å². The van der Waals surface area contributed by atoms with Crippen molar-refractivity contribution in [2.24, 2.45) is 5.41 Å². The summed E-state index contributed by atoms with van der Waals surface area (Å²) in [7, 11) is 0. The zero-order valence-corrected chi connectivity index (χ0v) is 19.5. The number of nitrogens with zero attached hydrogens (tertiary/aromatic N) is 2. The lowest BCUT2D eigenvalue weighted by molar-refractivity contribution is -0.114. The Bertz CT molecular complexity index is 1240. The van der Waals surface area contributed by atoms with E-state index in [1.54, 1.807) is 30.6 Å². The summed E-state index contributed by atoms with van der Waals surface area (Å²) in [5.41, 5.74) is 4.25. The number of nitrogens with one attached hydrogen (secondary N) is 3. The molecular weight excluding hydrogens is 433 g/mol. The van der Waals surface area contributed by atoms with E-state index in [9.17, 15) is 14.0 Å². The van der Waals surface area contributed by atoms with Gasteiger partial charge in [-0.25, -0.2) is 14.2 Å². The Balaban J connectivity index is 1.55. The molecule has 3 aromatic rings. The van der Waals surface area contributed by atoms with Crippen molar-refractivity contribution in [1.29, 1.82) is 0 Å². The number of hydrogen-bond donors (Lipinski definition) is 3. The molecule has 0 unspecified atom stereocenters. The summed E-state index contributed by atoms with van der Waals surface area (Å²) in [6.45, 7) is 6.00. The molecule has 4 rings (SSSR count). The fraction of sp³-hybridized carbons (Fsp3) is 0.308. The van der Waals surface area contributed by atoms with Crippen LogP contribution in [0.25, 0.3) is 22.4 Å². The van der Waals surface area contributed by atoms with E-state index in [-0.39, 0.29) is 11.6 Å². The summed E-state index contributed by atoms with van der Waals surface area (Å²) >= 11 is 0. The number of benzene rings is 1. The monoisotopic (exact) mass is 461 g/mol. The first-order valence-electron chi connectivity index (χ1n) is 11.3. The molecule has 0 bridgehead atoms. The van der Waals surface area contributed by atoms with E-state index in [0.717, 1.165) is 28.7 Å². The summed E-state index contributed by atoms with van der Waals surface area (Å²) in [6.07, 6.45) is 6.56. The third-order valence-corrected chi connectivity index (χ3v) is 6.11. The first kappa shape index (κ1) is 23.4. The highest BCUT2D eigenvalue weighted by molar-refractivity contribution is 5.91. The fourth-order valence-electron chi connectivity index (χ4n) is 3.78. The number of carbonyl (C=O) groups excluding carboxylic acids is 2. The van der Waals surface area contributed by atoms with E-state index in [1.165, 1.54) is 25.8 Å². The Labute approximate surface area is 198 Å². The minimum atomic E-state index is -0.492. The van der Waals surface area contributed by atoms with Crippen molar-refractivity contribution >= 4 is 23.4 Å². The minimum absolute atomic E-state index is 0.117. The summed E-state index contributed by atoms with van der Waals surface area (Å²) in [5.74, 6) is -0.267. The van der Waals surface area contributed by atoms with Gasteiger partial charge in [0.25, 0.3) is 0 Å². The fourth-order valence-corrected chi connectivity index (χ4v) is 3.78. The number of aromatic nitrogens is 2. The summed E-state index contributed by atoms with van der Waals surface area (Å²) < 4.78 is 14.6. The van der Waals surface area contributed by atoms with Crippen LogP contribution in [0.4, 0.5) is 20.7 Å². The summed E-state index contributed by atoms with van der Waals surface area (Å²) in [5, 5.41) is 8.12. The van der Waals surface area contributed by atoms with Gasteiger partial charge in [0.1, 0.15) is 11.6 Å². The molecule has 3 amide bonds. The van der Waals surface area contributed by atoms with Gasteiger partial charge in [0.2, 0.25) is 5.91 Å². The molecule has 0 spiro atoms. The van der Waals surface area contributed by atoms with Crippen molar-refractivity contribution in [3.63, 3.8) is 0 Å². The van der Waals surface area contributed by atoms with Crippen LogP contribution in [0.5, 0.6) is 0 Å². The standard InChI is InChI=1S/C26H28FN5O2/c1-16-12-21(27)23(32-25(34)30-11-8-26(3)6-7-26)15-20(16)18-4-9-28-22(13-18)19-5-10-29-24(14-19)31-17(2)33/h4-5,9-10,12-15H,6-8,11H2,1-3H3,(H,29,31,33)(H2,30,32,34). The van der Waals surface area contributed by atoms with Crippen LogP contribution in [-0.4, -0.2) is 28.5 Å². The smallest absolute Gasteiger partial charge is 0.319 e. The summed E-state index contributed by atoms with van der Waals surface area (Å²) in [4.78, 5) is 32.2. The van der Waals surface area contributed by atoms with Gasteiger partial charge >= 0.3 is 6.03 Å². The van der Waals surface area contributed by atoms with Crippen LogP contribution in [-0.2, 0) is 4.79 Å². The molecule has 1 aliphatic carbocycles. The quantitative estimate of drug-likeness (QED) is 0.431. The molecular formula is C26H28FN5O2. The van der Waals surface area contributed by atoms with Gasteiger partial charge in [-0.1, -0.05) is 6.92 Å². The first-order valence-corrected chi connectivity index (χ1v) is 11.3. The molecule has 0 aliphatic heterocycles. The number of aryl methyl sites for hydroxylation is 1. The molecule has 1 fully saturated rings. The van der Waals surface area contributed by atoms with Crippen LogP contribution in [0.15, 0.2) is 48.8 Å². The molecule has 3 N–H and O–H groups in total. The molecule has 34 heavy (non-hydrogen) atoms. The van der Waals surface area contributed by atoms with Crippen molar-refractivity contribution in [3.05, 3.63) is 60.2 Å². The van der Waals surface area contributed by atoms with Crippen LogP contribution >= 0.6 is 0 Å². The number of pyridine rings is 2. The highest BCUT2D eigenvalue weighted by atomic mass is 19.1. The first-order chi connectivity index (χ1) is 16.2. The van der Waals surface area contributed by atoms with Crippen molar-refractivity contribution in [3.8, 4) is 22.4 Å². The minimum Gasteiger partial charge on any atom is -0.338 e. The Kier molecular flexibility index (Phi) is 6.58. The molecule has 2 heterocycles. The highest BCUT2D eigenvalue weighted by Gasteiger charge is 2.36. The molecule has 1 aromatic carbocycles. The van der Waals surface area contributed by atoms with Gasteiger partial charge in [-0.2, -0.15) is 0 Å². The molecule has 7 nitrogen and oxygen atoms in total. The van der Waals surface area contributed by atoms with Gasteiger partial charge in [-0.15, -0.1) is 0 Å². The second-order valence-corrected chi connectivity index (χ2v) is 9.13.